The molecule has 0 fully saturated rings. The van der Waals surface area contributed by atoms with Gasteiger partial charge in [0.15, 0.2) is 0 Å². The molecule has 1 heterocycles. The van der Waals surface area contributed by atoms with Crippen LogP contribution in [0.15, 0.2) is 42.5 Å². The lowest BCUT2D eigenvalue weighted by Crippen LogP contribution is -2.02. The van der Waals surface area contributed by atoms with Crippen molar-refractivity contribution in [1.29, 1.82) is 0 Å². The van der Waals surface area contributed by atoms with Gasteiger partial charge in [-0.05, 0) is 30.2 Å². The highest BCUT2D eigenvalue weighted by Crippen LogP contribution is 2.29. The Morgan fingerprint density at radius 2 is 1.85 bits per heavy atom. The zero-order valence-electron chi connectivity index (χ0n) is 11.6. The molecule has 3 heteroatoms. The first-order valence-corrected chi connectivity index (χ1v) is 7.55. The summed E-state index contributed by atoms with van der Waals surface area (Å²) in [7, 11) is 0. The molecule has 0 saturated heterocycles. The van der Waals surface area contributed by atoms with Crippen molar-refractivity contribution in [3.8, 4) is 0 Å². The minimum atomic E-state index is -0.480. The van der Waals surface area contributed by atoms with Gasteiger partial charge in [0.05, 0.1) is 21.7 Å². The maximum absolute atomic E-state index is 10.5. The van der Waals surface area contributed by atoms with Crippen molar-refractivity contribution in [1.82, 2.24) is 4.98 Å². The van der Waals surface area contributed by atoms with Gasteiger partial charge in [0.25, 0.3) is 0 Å². The monoisotopic (exact) mass is 283 g/mol. The molecule has 102 valence electrons. The molecule has 0 saturated carbocycles. The maximum atomic E-state index is 10.5. The fourth-order valence-electron chi connectivity index (χ4n) is 2.63. The molecule has 0 aliphatic carbocycles. The zero-order valence-corrected chi connectivity index (χ0v) is 12.4. The molecule has 0 aliphatic heterocycles. The van der Waals surface area contributed by atoms with Crippen molar-refractivity contribution < 1.29 is 5.11 Å². The molecule has 1 unspecified atom stereocenters. The topological polar surface area (TPSA) is 33.1 Å². The van der Waals surface area contributed by atoms with Gasteiger partial charge in [-0.1, -0.05) is 42.5 Å². The average molecular weight is 283 g/mol. The molecule has 1 N–H and O–H groups in total. The first kappa shape index (κ1) is 13.3. The van der Waals surface area contributed by atoms with E-state index in [1.807, 2.05) is 26.0 Å². The number of aliphatic hydroxyl groups excluding tert-OH is 1. The van der Waals surface area contributed by atoms with E-state index >= 15 is 0 Å². The van der Waals surface area contributed by atoms with Gasteiger partial charge in [0.1, 0.15) is 0 Å². The average Bonchev–Trinajstić information content (AvgIpc) is 2.78. The van der Waals surface area contributed by atoms with E-state index in [2.05, 4.69) is 35.3 Å². The Morgan fingerprint density at radius 1 is 1.10 bits per heavy atom. The summed E-state index contributed by atoms with van der Waals surface area (Å²) in [6.07, 6.45) is 0.149. The van der Waals surface area contributed by atoms with Crippen LogP contribution >= 0.6 is 11.3 Å². The highest BCUT2D eigenvalue weighted by molar-refractivity contribution is 7.11. The molecule has 0 aliphatic rings. The van der Waals surface area contributed by atoms with Crippen molar-refractivity contribution in [2.24, 2.45) is 0 Å². The van der Waals surface area contributed by atoms with Gasteiger partial charge in [-0.25, -0.2) is 4.98 Å². The summed E-state index contributed by atoms with van der Waals surface area (Å²) < 4.78 is 0. The third kappa shape index (κ3) is 2.47. The van der Waals surface area contributed by atoms with E-state index in [1.165, 1.54) is 16.3 Å². The SMILES string of the molecule is Cc1nc(C)c(C(O)Cc2cccc3ccccc23)s1. The predicted octanol–water partition coefficient (Wildman–Crippen LogP) is 4.19. The third-order valence-corrected chi connectivity index (χ3v) is 4.71. The summed E-state index contributed by atoms with van der Waals surface area (Å²) in [5.41, 5.74) is 2.13. The summed E-state index contributed by atoms with van der Waals surface area (Å²) in [5, 5.41) is 13.9. The zero-order chi connectivity index (χ0) is 14.1. The minimum absolute atomic E-state index is 0.480. The van der Waals surface area contributed by atoms with Crippen molar-refractivity contribution in [3.05, 3.63) is 63.6 Å². The Morgan fingerprint density at radius 3 is 2.60 bits per heavy atom. The fourth-order valence-corrected chi connectivity index (χ4v) is 3.54. The van der Waals surface area contributed by atoms with E-state index in [4.69, 9.17) is 0 Å². The molecular weight excluding hydrogens is 266 g/mol. The number of rotatable bonds is 3. The second-order valence-electron chi connectivity index (χ2n) is 5.04. The normalized spacial score (nSPS) is 12.8. The quantitative estimate of drug-likeness (QED) is 0.782. The number of benzene rings is 2. The highest BCUT2D eigenvalue weighted by Gasteiger charge is 2.16. The van der Waals surface area contributed by atoms with Gasteiger partial charge in [0.2, 0.25) is 0 Å². The lowest BCUT2D eigenvalue weighted by atomic mass is 9.99. The Balaban J connectivity index is 1.95. The summed E-state index contributed by atoms with van der Waals surface area (Å²) in [6, 6.07) is 14.5. The van der Waals surface area contributed by atoms with Gasteiger partial charge in [-0.3, -0.25) is 0 Å². The standard InChI is InChI=1S/C17H17NOS/c1-11-17(20-12(2)18-11)16(19)10-14-8-5-7-13-6-3-4-9-15(13)14/h3-9,16,19H,10H2,1-2H3. The molecule has 3 rings (SSSR count). The van der Waals surface area contributed by atoms with E-state index < -0.39 is 6.10 Å². The Labute approximate surface area is 122 Å². The number of hydrogen-bond donors (Lipinski definition) is 1. The summed E-state index contributed by atoms with van der Waals surface area (Å²) in [6.45, 7) is 3.94. The van der Waals surface area contributed by atoms with Crippen molar-refractivity contribution in [3.63, 3.8) is 0 Å². The van der Waals surface area contributed by atoms with Crippen LogP contribution in [0.25, 0.3) is 10.8 Å². The van der Waals surface area contributed by atoms with E-state index in [1.54, 1.807) is 11.3 Å². The molecule has 0 radical (unpaired) electrons. The second-order valence-corrected chi connectivity index (χ2v) is 6.28. The first-order valence-electron chi connectivity index (χ1n) is 6.74. The van der Waals surface area contributed by atoms with Crippen LogP contribution in [-0.4, -0.2) is 10.1 Å². The fraction of sp³-hybridized carbons (Fsp3) is 0.235. The van der Waals surface area contributed by atoms with Crippen molar-refractivity contribution >= 4 is 22.1 Å². The minimum Gasteiger partial charge on any atom is -0.387 e. The van der Waals surface area contributed by atoms with Crippen LogP contribution in [0.5, 0.6) is 0 Å². The van der Waals surface area contributed by atoms with Crippen molar-refractivity contribution in [2.75, 3.05) is 0 Å². The van der Waals surface area contributed by atoms with Crippen LogP contribution in [0.1, 0.15) is 27.2 Å². The first-order chi connectivity index (χ1) is 9.65. The highest BCUT2D eigenvalue weighted by atomic mass is 32.1. The molecule has 1 aromatic heterocycles. The smallest absolute Gasteiger partial charge is 0.0941 e. The maximum Gasteiger partial charge on any atom is 0.0941 e. The summed E-state index contributed by atoms with van der Waals surface area (Å²) >= 11 is 1.59. The van der Waals surface area contributed by atoms with E-state index in [-0.39, 0.29) is 0 Å². The van der Waals surface area contributed by atoms with Crippen LogP contribution in [0.3, 0.4) is 0 Å². The van der Waals surface area contributed by atoms with Gasteiger partial charge < -0.3 is 5.11 Å². The molecule has 3 aromatic rings. The van der Waals surface area contributed by atoms with Gasteiger partial charge in [-0.2, -0.15) is 0 Å². The number of nitrogens with zero attached hydrogens (tertiary/aromatic N) is 1. The molecule has 0 bridgehead atoms. The molecular formula is C17H17NOS. The number of fused-ring (bicyclic) bond motifs is 1. The largest absolute Gasteiger partial charge is 0.387 e. The Hall–Kier alpha value is -1.71. The second kappa shape index (κ2) is 5.35. The number of aliphatic hydroxyl groups is 1. The predicted molar refractivity (Wildman–Crippen MR) is 84.2 cm³/mol. The summed E-state index contributed by atoms with van der Waals surface area (Å²) in [5.74, 6) is 0. The number of aryl methyl sites for hydroxylation is 2. The lowest BCUT2D eigenvalue weighted by molar-refractivity contribution is 0.181. The molecule has 20 heavy (non-hydrogen) atoms. The van der Waals surface area contributed by atoms with Crippen LogP contribution in [0, 0.1) is 13.8 Å². The van der Waals surface area contributed by atoms with Crippen LogP contribution in [0.4, 0.5) is 0 Å². The van der Waals surface area contributed by atoms with Gasteiger partial charge in [0, 0.05) is 6.42 Å². The lowest BCUT2D eigenvalue weighted by Gasteiger charge is -2.11. The van der Waals surface area contributed by atoms with E-state index in [0.29, 0.717) is 6.42 Å². The Kier molecular flexibility index (Phi) is 3.55. The van der Waals surface area contributed by atoms with Crippen LogP contribution < -0.4 is 0 Å². The molecule has 0 spiro atoms. The summed E-state index contributed by atoms with van der Waals surface area (Å²) in [4.78, 5) is 5.38. The number of aromatic nitrogens is 1. The van der Waals surface area contributed by atoms with Gasteiger partial charge >= 0.3 is 0 Å². The van der Waals surface area contributed by atoms with Crippen molar-refractivity contribution in [2.45, 2.75) is 26.4 Å². The van der Waals surface area contributed by atoms with E-state index in [9.17, 15) is 5.11 Å². The van der Waals surface area contributed by atoms with Crippen LogP contribution in [-0.2, 0) is 6.42 Å². The third-order valence-electron chi connectivity index (χ3n) is 3.54. The number of thiazole rings is 1. The number of hydrogen-bond acceptors (Lipinski definition) is 3. The van der Waals surface area contributed by atoms with Crippen LogP contribution in [0.2, 0.25) is 0 Å². The molecule has 0 amide bonds. The Bertz CT molecular complexity index is 742. The molecule has 1 atom stereocenters. The molecule has 2 nitrogen and oxygen atoms in total. The van der Waals surface area contributed by atoms with E-state index in [0.717, 1.165) is 15.6 Å². The molecule has 2 aromatic carbocycles. The van der Waals surface area contributed by atoms with Gasteiger partial charge in [-0.15, -0.1) is 11.3 Å².